The smallest absolute Gasteiger partial charge is 0.0380 e. The summed E-state index contributed by atoms with van der Waals surface area (Å²) in [5.74, 6) is 0. The highest BCUT2D eigenvalue weighted by Gasteiger charge is 1.76. The number of hydrogen-bond donors (Lipinski definition) is 1. The van der Waals surface area contributed by atoms with Crippen LogP contribution in [0.15, 0.2) is 24.9 Å². The van der Waals surface area contributed by atoms with E-state index in [4.69, 9.17) is 0 Å². The van der Waals surface area contributed by atoms with Crippen LogP contribution >= 0.6 is 0 Å². The molecule has 0 atom stereocenters. The maximum atomic E-state index is 3.76. The van der Waals surface area contributed by atoms with E-state index in [1.54, 1.807) is 6.08 Å². The summed E-state index contributed by atoms with van der Waals surface area (Å²) < 4.78 is 0. The van der Waals surface area contributed by atoms with Gasteiger partial charge in [0.2, 0.25) is 0 Å². The van der Waals surface area contributed by atoms with Crippen molar-refractivity contribution in [3.63, 3.8) is 0 Å². The van der Waals surface area contributed by atoms with E-state index in [0.29, 0.717) is 0 Å². The number of H-pyrrole nitrogens is 1. The average Bonchev–Trinajstić information content (AvgIpc) is 2.18. The predicted octanol–water partition coefficient (Wildman–Crippen LogP) is 0.392. The number of nitrogens with one attached hydrogen (secondary N) is 1. The molecule has 0 saturated heterocycles. The van der Waals surface area contributed by atoms with Crippen molar-refractivity contribution in [2.24, 2.45) is 0 Å². The van der Waals surface area contributed by atoms with E-state index in [2.05, 4.69) is 18.1 Å². The van der Waals surface area contributed by atoms with Crippen molar-refractivity contribution in [3.05, 3.63) is 35.5 Å². The second kappa shape index (κ2) is 2.35. The van der Waals surface area contributed by atoms with Gasteiger partial charge in [0.25, 0.3) is 0 Å². The highest BCUT2D eigenvalue weighted by molar-refractivity contribution is 5.34. The molecule has 1 N–H and O–H groups in total. The van der Waals surface area contributed by atoms with Gasteiger partial charge in [0.05, 0.1) is 0 Å². The normalized spacial score (nSPS) is 11.8. The second-order valence-electron chi connectivity index (χ2n) is 1.81. The molecule has 0 spiro atoms. The van der Waals surface area contributed by atoms with Crippen LogP contribution in [-0.4, -0.2) is 4.98 Å². The van der Waals surface area contributed by atoms with Crippen molar-refractivity contribution in [2.45, 2.75) is 0 Å². The SMILES string of the molecule is C=CC=c1cc[nH]c1=C. The summed E-state index contributed by atoms with van der Waals surface area (Å²) in [6.45, 7) is 7.34. The molecule has 1 rings (SSSR count). The first-order valence-electron chi connectivity index (χ1n) is 2.79. The van der Waals surface area contributed by atoms with Gasteiger partial charge in [-0.15, -0.1) is 0 Å². The molecule has 0 unspecified atom stereocenters. The molecule has 0 bridgehead atoms. The van der Waals surface area contributed by atoms with Crippen LogP contribution < -0.4 is 10.6 Å². The third-order valence-corrected chi connectivity index (χ3v) is 1.17. The van der Waals surface area contributed by atoms with Gasteiger partial charge in [-0.05, 0) is 11.3 Å². The van der Waals surface area contributed by atoms with Crippen LogP contribution in [0.5, 0.6) is 0 Å². The van der Waals surface area contributed by atoms with Gasteiger partial charge < -0.3 is 4.98 Å². The molecule has 0 saturated carbocycles. The van der Waals surface area contributed by atoms with E-state index in [1.165, 1.54) is 0 Å². The number of rotatable bonds is 1. The van der Waals surface area contributed by atoms with Gasteiger partial charge in [0.1, 0.15) is 0 Å². The molecule has 1 heteroatoms. The molecule has 1 aromatic heterocycles. The Morgan fingerprint density at radius 3 is 2.78 bits per heavy atom. The molecule has 1 aromatic rings. The van der Waals surface area contributed by atoms with Gasteiger partial charge in [0, 0.05) is 11.5 Å². The standard InChI is InChI=1S/C8H9N/c1-3-4-8-5-6-9-7(8)2/h3-6,9H,1-2H2. The van der Waals surface area contributed by atoms with Gasteiger partial charge in [-0.3, -0.25) is 0 Å². The fraction of sp³-hybridized carbons (Fsp3) is 0. The third-order valence-electron chi connectivity index (χ3n) is 1.17. The van der Waals surface area contributed by atoms with E-state index in [-0.39, 0.29) is 0 Å². The third kappa shape index (κ3) is 1.11. The quantitative estimate of drug-likeness (QED) is 0.550. The van der Waals surface area contributed by atoms with E-state index in [9.17, 15) is 0 Å². The number of aromatic amines is 1. The molecular weight excluding hydrogens is 110 g/mol. The summed E-state index contributed by atoms with van der Waals surface area (Å²) in [7, 11) is 0. The highest BCUT2D eigenvalue weighted by atomic mass is 14.6. The topological polar surface area (TPSA) is 15.8 Å². The molecule has 0 amide bonds. The summed E-state index contributed by atoms with van der Waals surface area (Å²) in [6, 6.07) is 1.96. The molecule has 1 heterocycles. The lowest BCUT2D eigenvalue weighted by Gasteiger charge is -1.69. The Hall–Kier alpha value is -1.24. The minimum atomic E-state index is 0.940. The van der Waals surface area contributed by atoms with E-state index < -0.39 is 0 Å². The maximum absolute atomic E-state index is 3.76. The zero-order chi connectivity index (χ0) is 6.69. The molecule has 9 heavy (non-hydrogen) atoms. The van der Waals surface area contributed by atoms with E-state index >= 15 is 0 Å². The summed E-state index contributed by atoms with van der Waals surface area (Å²) in [4.78, 5) is 2.96. The second-order valence-corrected chi connectivity index (χ2v) is 1.81. The van der Waals surface area contributed by atoms with Crippen molar-refractivity contribution in [3.8, 4) is 0 Å². The monoisotopic (exact) mass is 119 g/mol. The summed E-state index contributed by atoms with van der Waals surface area (Å²) in [5, 5.41) is 2.04. The number of allylic oxidation sites excluding steroid dienone is 1. The van der Waals surface area contributed by atoms with Crippen LogP contribution in [0.1, 0.15) is 0 Å². The first kappa shape index (κ1) is 5.89. The zero-order valence-electron chi connectivity index (χ0n) is 5.22. The van der Waals surface area contributed by atoms with Crippen molar-refractivity contribution >= 4 is 12.7 Å². The molecule has 0 aliphatic rings. The Kier molecular flexibility index (Phi) is 1.54. The Morgan fingerprint density at radius 2 is 2.33 bits per heavy atom. The molecule has 0 aliphatic heterocycles. The van der Waals surface area contributed by atoms with Gasteiger partial charge >= 0.3 is 0 Å². The lowest BCUT2D eigenvalue weighted by molar-refractivity contribution is 1.33. The first-order valence-corrected chi connectivity index (χ1v) is 2.79. The first-order chi connectivity index (χ1) is 4.34. The van der Waals surface area contributed by atoms with Crippen molar-refractivity contribution in [1.82, 2.24) is 4.98 Å². The van der Waals surface area contributed by atoms with Gasteiger partial charge in [-0.25, -0.2) is 0 Å². The van der Waals surface area contributed by atoms with Crippen LogP contribution in [0.25, 0.3) is 12.7 Å². The van der Waals surface area contributed by atoms with Crippen LogP contribution in [0, 0.1) is 0 Å². The zero-order valence-corrected chi connectivity index (χ0v) is 5.22. The van der Waals surface area contributed by atoms with Crippen molar-refractivity contribution in [2.75, 3.05) is 0 Å². The summed E-state index contributed by atoms with van der Waals surface area (Å²) in [6.07, 6.45) is 5.52. The van der Waals surface area contributed by atoms with Crippen LogP contribution in [0.2, 0.25) is 0 Å². The largest absolute Gasteiger partial charge is 0.362 e. The van der Waals surface area contributed by atoms with Crippen LogP contribution in [-0.2, 0) is 0 Å². The Labute approximate surface area is 54.0 Å². The minimum absolute atomic E-state index is 0.940. The molecule has 1 nitrogen and oxygen atoms in total. The number of aromatic nitrogens is 1. The molecule has 0 radical (unpaired) electrons. The Bertz CT molecular complexity index is 293. The molecular formula is C8H9N. The fourth-order valence-electron chi connectivity index (χ4n) is 0.699. The molecule has 46 valence electrons. The number of hydrogen-bond acceptors (Lipinski definition) is 0. The lowest BCUT2D eigenvalue weighted by Crippen LogP contribution is -2.19. The molecule has 0 aromatic carbocycles. The summed E-state index contributed by atoms with van der Waals surface area (Å²) >= 11 is 0. The van der Waals surface area contributed by atoms with Crippen LogP contribution in [0.3, 0.4) is 0 Å². The van der Waals surface area contributed by atoms with Gasteiger partial charge in [0.15, 0.2) is 0 Å². The average molecular weight is 119 g/mol. The van der Waals surface area contributed by atoms with Gasteiger partial charge in [-0.2, -0.15) is 0 Å². The maximum Gasteiger partial charge on any atom is 0.0380 e. The summed E-state index contributed by atoms with van der Waals surface area (Å²) in [5.41, 5.74) is 0. The van der Waals surface area contributed by atoms with Crippen molar-refractivity contribution < 1.29 is 0 Å². The molecule has 0 aliphatic carbocycles. The Balaban J connectivity index is 3.39. The van der Waals surface area contributed by atoms with E-state index in [0.717, 1.165) is 10.6 Å². The fourth-order valence-corrected chi connectivity index (χ4v) is 0.699. The highest BCUT2D eigenvalue weighted by Crippen LogP contribution is 1.64. The van der Waals surface area contributed by atoms with Crippen molar-refractivity contribution in [1.29, 1.82) is 0 Å². The minimum Gasteiger partial charge on any atom is -0.362 e. The molecule has 0 fully saturated rings. The van der Waals surface area contributed by atoms with Crippen LogP contribution in [0.4, 0.5) is 0 Å². The lowest BCUT2D eigenvalue weighted by atomic mass is 10.4. The van der Waals surface area contributed by atoms with E-state index in [1.807, 2.05) is 18.3 Å². The Morgan fingerprint density at radius 1 is 1.56 bits per heavy atom. The predicted molar refractivity (Wildman–Crippen MR) is 40.2 cm³/mol. The van der Waals surface area contributed by atoms with Gasteiger partial charge in [-0.1, -0.05) is 25.3 Å².